The second kappa shape index (κ2) is 6.05. The van der Waals surface area contributed by atoms with Crippen molar-refractivity contribution in [3.63, 3.8) is 0 Å². The summed E-state index contributed by atoms with van der Waals surface area (Å²) < 4.78 is 1.36. The fourth-order valence-electron chi connectivity index (χ4n) is 1.80. The van der Waals surface area contributed by atoms with Crippen LogP contribution in [0, 0.1) is 12.8 Å². The quantitative estimate of drug-likeness (QED) is 0.941. The molecule has 0 bridgehead atoms. The van der Waals surface area contributed by atoms with Crippen LogP contribution in [-0.2, 0) is 0 Å². The summed E-state index contributed by atoms with van der Waals surface area (Å²) >= 11 is 6.15. The zero-order valence-electron chi connectivity index (χ0n) is 11.7. The summed E-state index contributed by atoms with van der Waals surface area (Å²) in [6.45, 7) is 6.75. The standard InChI is InChI=1S/C14H17ClN4O/c1-9(2)7-16-13-17-8-19(14(20)18-13)12-10(3)5-4-6-11(12)15/h4-6,8-9H,7H2,1-3H3,(H,16,18,20). The molecule has 0 aliphatic carbocycles. The van der Waals surface area contributed by atoms with Crippen LogP contribution in [0.25, 0.3) is 5.69 Å². The van der Waals surface area contributed by atoms with Crippen LogP contribution in [0.4, 0.5) is 5.95 Å². The predicted octanol–water partition coefficient (Wildman–Crippen LogP) is 2.66. The van der Waals surface area contributed by atoms with Gasteiger partial charge in [-0.15, -0.1) is 0 Å². The molecule has 0 radical (unpaired) electrons. The van der Waals surface area contributed by atoms with E-state index in [0.717, 1.165) is 5.56 Å². The Hall–Kier alpha value is -1.88. The minimum atomic E-state index is -0.401. The molecule has 20 heavy (non-hydrogen) atoms. The highest BCUT2D eigenvalue weighted by Gasteiger charge is 2.10. The molecule has 0 fully saturated rings. The van der Waals surface area contributed by atoms with Gasteiger partial charge in [-0.25, -0.2) is 14.3 Å². The zero-order chi connectivity index (χ0) is 14.7. The molecule has 0 saturated heterocycles. The molecule has 1 aromatic carbocycles. The van der Waals surface area contributed by atoms with E-state index in [2.05, 4.69) is 29.1 Å². The van der Waals surface area contributed by atoms with Crippen molar-refractivity contribution >= 4 is 17.5 Å². The predicted molar refractivity (Wildman–Crippen MR) is 80.7 cm³/mol. The summed E-state index contributed by atoms with van der Waals surface area (Å²) in [5.74, 6) is 0.788. The number of aryl methyl sites for hydroxylation is 1. The number of hydrogen-bond acceptors (Lipinski definition) is 4. The third-order valence-corrected chi connectivity index (χ3v) is 3.11. The van der Waals surface area contributed by atoms with E-state index in [-0.39, 0.29) is 0 Å². The number of rotatable bonds is 4. The highest BCUT2D eigenvalue weighted by atomic mass is 35.5. The van der Waals surface area contributed by atoms with Crippen LogP contribution in [0.5, 0.6) is 0 Å². The van der Waals surface area contributed by atoms with Gasteiger partial charge in [-0.2, -0.15) is 4.98 Å². The SMILES string of the molecule is Cc1cccc(Cl)c1-n1cnc(NCC(C)C)nc1=O. The van der Waals surface area contributed by atoms with Gasteiger partial charge in [0.15, 0.2) is 0 Å². The van der Waals surface area contributed by atoms with E-state index in [1.54, 1.807) is 6.07 Å². The number of hydrogen-bond donors (Lipinski definition) is 1. The van der Waals surface area contributed by atoms with Gasteiger partial charge in [-0.3, -0.25) is 0 Å². The van der Waals surface area contributed by atoms with E-state index in [4.69, 9.17) is 11.6 Å². The molecule has 2 rings (SSSR count). The Morgan fingerprint density at radius 1 is 1.40 bits per heavy atom. The second-order valence-corrected chi connectivity index (χ2v) is 5.42. The van der Waals surface area contributed by atoms with E-state index in [9.17, 15) is 4.79 Å². The van der Waals surface area contributed by atoms with Crippen molar-refractivity contribution in [2.45, 2.75) is 20.8 Å². The van der Waals surface area contributed by atoms with E-state index in [0.29, 0.717) is 29.1 Å². The first-order valence-corrected chi connectivity index (χ1v) is 6.82. The first-order valence-electron chi connectivity index (χ1n) is 6.44. The van der Waals surface area contributed by atoms with Crippen molar-refractivity contribution in [3.05, 3.63) is 45.6 Å². The third kappa shape index (κ3) is 3.17. The Labute approximate surface area is 122 Å². The van der Waals surface area contributed by atoms with Gasteiger partial charge in [0, 0.05) is 6.54 Å². The highest BCUT2D eigenvalue weighted by Crippen LogP contribution is 2.22. The van der Waals surface area contributed by atoms with Crippen LogP contribution in [-0.4, -0.2) is 21.1 Å². The molecule has 0 unspecified atom stereocenters. The van der Waals surface area contributed by atoms with Crippen LogP contribution in [0.3, 0.4) is 0 Å². The largest absolute Gasteiger partial charge is 0.356 e. The average Bonchev–Trinajstić information content (AvgIpc) is 2.38. The van der Waals surface area contributed by atoms with Crippen molar-refractivity contribution in [3.8, 4) is 5.69 Å². The Balaban J connectivity index is 2.38. The number of halogens is 1. The fraction of sp³-hybridized carbons (Fsp3) is 0.357. The number of nitrogens with one attached hydrogen (secondary N) is 1. The van der Waals surface area contributed by atoms with Crippen molar-refractivity contribution in [2.24, 2.45) is 5.92 Å². The number of aromatic nitrogens is 3. The molecular weight excluding hydrogens is 276 g/mol. The normalized spacial score (nSPS) is 10.8. The van der Waals surface area contributed by atoms with Crippen molar-refractivity contribution < 1.29 is 0 Å². The smallest absolute Gasteiger partial charge is 0.354 e. The van der Waals surface area contributed by atoms with Gasteiger partial charge >= 0.3 is 5.69 Å². The Morgan fingerprint density at radius 2 is 2.15 bits per heavy atom. The lowest BCUT2D eigenvalue weighted by molar-refractivity contribution is 0.681. The molecule has 6 heteroatoms. The Bertz CT molecular complexity index is 646. The van der Waals surface area contributed by atoms with Gasteiger partial charge in [-0.05, 0) is 24.5 Å². The van der Waals surface area contributed by atoms with E-state index in [1.807, 2.05) is 19.1 Å². The van der Waals surface area contributed by atoms with Crippen LogP contribution >= 0.6 is 11.6 Å². The lowest BCUT2D eigenvalue weighted by Gasteiger charge is -2.11. The molecule has 0 amide bonds. The summed E-state index contributed by atoms with van der Waals surface area (Å²) in [6, 6.07) is 5.46. The molecule has 1 aromatic heterocycles. The lowest BCUT2D eigenvalue weighted by Crippen LogP contribution is -2.25. The van der Waals surface area contributed by atoms with Gasteiger partial charge in [0.1, 0.15) is 6.33 Å². The Morgan fingerprint density at radius 3 is 2.75 bits per heavy atom. The van der Waals surface area contributed by atoms with E-state index < -0.39 is 5.69 Å². The maximum absolute atomic E-state index is 12.1. The monoisotopic (exact) mass is 292 g/mol. The Kier molecular flexibility index (Phi) is 4.39. The molecule has 0 aliphatic heterocycles. The number of anilines is 1. The fourth-order valence-corrected chi connectivity index (χ4v) is 2.11. The zero-order valence-corrected chi connectivity index (χ0v) is 12.5. The van der Waals surface area contributed by atoms with E-state index >= 15 is 0 Å². The molecule has 5 nitrogen and oxygen atoms in total. The van der Waals surface area contributed by atoms with Crippen LogP contribution in [0.15, 0.2) is 29.3 Å². The minimum Gasteiger partial charge on any atom is -0.354 e. The van der Waals surface area contributed by atoms with Gasteiger partial charge in [0.2, 0.25) is 5.95 Å². The van der Waals surface area contributed by atoms with Crippen molar-refractivity contribution in [1.29, 1.82) is 0 Å². The summed E-state index contributed by atoms with van der Waals surface area (Å²) in [4.78, 5) is 20.2. The first-order chi connectivity index (χ1) is 9.49. The van der Waals surface area contributed by atoms with Crippen LogP contribution < -0.4 is 11.0 Å². The third-order valence-electron chi connectivity index (χ3n) is 2.80. The minimum absolute atomic E-state index is 0.338. The molecule has 0 spiro atoms. The van der Waals surface area contributed by atoms with Crippen LogP contribution in [0.1, 0.15) is 19.4 Å². The second-order valence-electron chi connectivity index (χ2n) is 5.01. The summed E-state index contributed by atoms with van der Waals surface area (Å²) in [5.41, 5.74) is 1.11. The van der Waals surface area contributed by atoms with E-state index in [1.165, 1.54) is 10.9 Å². The topological polar surface area (TPSA) is 59.8 Å². The lowest BCUT2D eigenvalue weighted by atomic mass is 10.2. The molecule has 106 valence electrons. The molecule has 1 N–H and O–H groups in total. The number of nitrogens with zero attached hydrogens (tertiary/aromatic N) is 3. The maximum Gasteiger partial charge on any atom is 0.356 e. The van der Waals surface area contributed by atoms with Crippen LogP contribution in [0.2, 0.25) is 5.02 Å². The highest BCUT2D eigenvalue weighted by molar-refractivity contribution is 6.32. The number of para-hydroxylation sites is 1. The van der Waals surface area contributed by atoms with Gasteiger partial charge < -0.3 is 5.32 Å². The van der Waals surface area contributed by atoms with Gasteiger partial charge in [-0.1, -0.05) is 37.6 Å². The summed E-state index contributed by atoms with van der Waals surface area (Å²) in [6.07, 6.45) is 1.45. The average molecular weight is 293 g/mol. The van der Waals surface area contributed by atoms with Crippen molar-refractivity contribution in [1.82, 2.24) is 14.5 Å². The maximum atomic E-state index is 12.1. The molecule has 0 aliphatic rings. The van der Waals surface area contributed by atoms with Gasteiger partial charge in [0.05, 0.1) is 10.7 Å². The molecular formula is C14H17ClN4O. The molecule has 2 aromatic rings. The number of benzene rings is 1. The molecule has 1 heterocycles. The first kappa shape index (κ1) is 14.5. The van der Waals surface area contributed by atoms with Crippen molar-refractivity contribution in [2.75, 3.05) is 11.9 Å². The van der Waals surface area contributed by atoms with Gasteiger partial charge in [0.25, 0.3) is 0 Å². The molecule has 0 saturated carbocycles. The molecule has 0 atom stereocenters. The summed E-state index contributed by atoms with van der Waals surface area (Å²) in [7, 11) is 0. The summed E-state index contributed by atoms with van der Waals surface area (Å²) in [5, 5.41) is 3.52.